The van der Waals surface area contributed by atoms with Crippen molar-refractivity contribution in [2.24, 2.45) is 0 Å². The largest absolute Gasteiger partial charge is 0.476 e. The van der Waals surface area contributed by atoms with E-state index >= 15 is 0 Å². The summed E-state index contributed by atoms with van der Waals surface area (Å²) in [5.41, 5.74) is -0.0203. The van der Waals surface area contributed by atoms with E-state index in [1.165, 1.54) is 6.20 Å². The lowest BCUT2D eigenvalue weighted by atomic mass is 10.2. The molecule has 0 aliphatic rings. The Kier molecular flexibility index (Phi) is 4.22. The van der Waals surface area contributed by atoms with Gasteiger partial charge >= 0.3 is 5.97 Å². The third-order valence-electron chi connectivity index (χ3n) is 2.57. The van der Waals surface area contributed by atoms with Crippen LogP contribution in [0.15, 0.2) is 12.4 Å². The van der Waals surface area contributed by atoms with E-state index in [4.69, 9.17) is 5.11 Å². The number of carbonyl (C=O) groups is 1. The number of carboxylic acids is 1. The number of aromatic nitrogens is 2. The second-order valence-electron chi connectivity index (χ2n) is 3.82. The van der Waals surface area contributed by atoms with Crippen LogP contribution in [0.3, 0.4) is 0 Å². The van der Waals surface area contributed by atoms with Crippen LogP contribution in [0, 0.1) is 0 Å². The third kappa shape index (κ3) is 2.92. The van der Waals surface area contributed by atoms with E-state index in [0.29, 0.717) is 11.9 Å². The van der Waals surface area contributed by atoms with E-state index in [2.05, 4.69) is 23.8 Å². The highest BCUT2D eigenvalue weighted by atomic mass is 16.4. The molecule has 88 valence electrons. The zero-order valence-corrected chi connectivity index (χ0v) is 9.84. The summed E-state index contributed by atoms with van der Waals surface area (Å²) in [6.45, 7) is 4.20. The fourth-order valence-electron chi connectivity index (χ4n) is 1.47. The Morgan fingerprint density at radius 2 is 2.25 bits per heavy atom. The number of hydrogen-bond donors (Lipinski definition) is 1. The highest BCUT2D eigenvalue weighted by molar-refractivity contribution is 5.85. The lowest BCUT2D eigenvalue weighted by molar-refractivity contribution is 0.0690. The summed E-state index contributed by atoms with van der Waals surface area (Å²) in [5.74, 6) is -0.452. The second-order valence-corrected chi connectivity index (χ2v) is 3.82. The van der Waals surface area contributed by atoms with Gasteiger partial charge in [0.1, 0.15) is 5.82 Å². The van der Waals surface area contributed by atoms with Gasteiger partial charge in [0.15, 0.2) is 5.69 Å². The summed E-state index contributed by atoms with van der Waals surface area (Å²) < 4.78 is 0. The van der Waals surface area contributed by atoms with Crippen molar-refractivity contribution in [3.05, 3.63) is 18.1 Å². The fraction of sp³-hybridized carbons (Fsp3) is 0.545. The van der Waals surface area contributed by atoms with E-state index in [1.54, 1.807) is 6.20 Å². The first-order valence-corrected chi connectivity index (χ1v) is 5.34. The summed E-state index contributed by atoms with van der Waals surface area (Å²) in [6.07, 6.45) is 4.95. The molecule has 0 aromatic carbocycles. The molecule has 1 aromatic heterocycles. The Hall–Kier alpha value is -1.65. The molecule has 0 fully saturated rings. The van der Waals surface area contributed by atoms with E-state index in [0.717, 1.165) is 12.8 Å². The Balaban J connectivity index is 2.86. The Morgan fingerprint density at radius 1 is 1.56 bits per heavy atom. The van der Waals surface area contributed by atoms with Gasteiger partial charge in [0.25, 0.3) is 0 Å². The van der Waals surface area contributed by atoms with E-state index in [-0.39, 0.29) is 5.69 Å². The van der Waals surface area contributed by atoms with Crippen LogP contribution in [-0.2, 0) is 0 Å². The normalized spacial score (nSPS) is 12.2. The van der Waals surface area contributed by atoms with Gasteiger partial charge < -0.3 is 10.0 Å². The van der Waals surface area contributed by atoms with Gasteiger partial charge in [0, 0.05) is 13.1 Å². The number of aromatic carboxylic acids is 1. The van der Waals surface area contributed by atoms with Gasteiger partial charge in [0.2, 0.25) is 0 Å². The van der Waals surface area contributed by atoms with Crippen LogP contribution in [0.25, 0.3) is 0 Å². The van der Waals surface area contributed by atoms with Crippen LogP contribution in [-0.4, -0.2) is 34.1 Å². The molecule has 5 nitrogen and oxygen atoms in total. The molecule has 0 bridgehead atoms. The smallest absolute Gasteiger partial charge is 0.356 e. The molecule has 0 spiro atoms. The minimum atomic E-state index is -1.05. The predicted molar refractivity (Wildman–Crippen MR) is 61.8 cm³/mol. The first-order valence-electron chi connectivity index (χ1n) is 5.34. The fourth-order valence-corrected chi connectivity index (χ4v) is 1.47. The highest BCUT2D eigenvalue weighted by Crippen LogP contribution is 2.13. The lowest BCUT2D eigenvalue weighted by Gasteiger charge is -2.25. The number of rotatable bonds is 5. The van der Waals surface area contributed by atoms with Crippen molar-refractivity contribution in [3.8, 4) is 0 Å². The molecule has 1 rings (SSSR count). The molecule has 1 unspecified atom stereocenters. The molecule has 1 atom stereocenters. The van der Waals surface area contributed by atoms with Gasteiger partial charge in [-0.2, -0.15) is 0 Å². The summed E-state index contributed by atoms with van der Waals surface area (Å²) in [6, 6.07) is 0.323. The summed E-state index contributed by atoms with van der Waals surface area (Å²) in [7, 11) is 1.90. The molecule has 5 heteroatoms. The number of carboxylic acid groups (broad SMARTS) is 1. The van der Waals surface area contributed by atoms with E-state index in [9.17, 15) is 4.79 Å². The molecule has 0 radical (unpaired) electrons. The SMILES string of the molecule is CCCC(C)N(C)c1cncc(C(=O)O)n1. The van der Waals surface area contributed by atoms with Gasteiger partial charge in [-0.25, -0.2) is 9.78 Å². The van der Waals surface area contributed by atoms with Crippen molar-refractivity contribution in [3.63, 3.8) is 0 Å². The highest BCUT2D eigenvalue weighted by Gasteiger charge is 2.13. The summed E-state index contributed by atoms with van der Waals surface area (Å²) >= 11 is 0. The Labute approximate surface area is 95.1 Å². The van der Waals surface area contributed by atoms with Gasteiger partial charge in [0.05, 0.1) is 12.4 Å². The monoisotopic (exact) mass is 223 g/mol. The summed E-state index contributed by atoms with van der Waals surface area (Å²) in [4.78, 5) is 20.6. The zero-order valence-electron chi connectivity index (χ0n) is 9.84. The van der Waals surface area contributed by atoms with Crippen LogP contribution in [0.1, 0.15) is 37.2 Å². The number of nitrogens with zero attached hydrogens (tertiary/aromatic N) is 3. The van der Waals surface area contributed by atoms with Crippen LogP contribution in [0.4, 0.5) is 5.82 Å². The van der Waals surface area contributed by atoms with Crippen LogP contribution in [0.5, 0.6) is 0 Å². The average Bonchev–Trinajstić information content (AvgIpc) is 2.28. The standard InChI is InChI=1S/C11H17N3O2/c1-4-5-8(2)14(3)10-7-12-6-9(13-10)11(15)16/h6-8H,4-5H2,1-3H3,(H,15,16). The van der Waals surface area contributed by atoms with Gasteiger partial charge in [-0.3, -0.25) is 4.98 Å². The van der Waals surface area contributed by atoms with Crippen molar-refractivity contribution in [1.82, 2.24) is 9.97 Å². The zero-order chi connectivity index (χ0) is 12.1. The molecule has 1 heterocycles. The van der Waals surface area contributed by atoms with Gasteiger partial charge in [-0.05, 0) is 13.3 Å². The van der Waals surface area contributed by atoms with Crippen LogP contribution >= 0.6 is 0 Å². The first-order chi connectivity index (χ1) is 7.56. The van der Waals surface area contributed by atoms with Crippen molar-refractivity contribution >= 4 is 11.8 Å². The molecule has 0 aliphatic carbocycles. The second kappa shape index (κ2) is 5.44. The molecular formula is C11H17N3O2. The van der Waals surface area contributed by atoms with Crippen LogP contribution in [0.2, 0.25) is 0 Å². The Morgan fingerprint density at radius 3 is 2.81 bits per heavy atom. The molecule has 0 aliphatic heterocycles. The van der Waals surface area contributed by atoms with Crippen molar-refractivity contribution in [2.75, 3.05) is 11.9 Å². The van der Waals surface area contributed by atoms with E-state index in [1.807, 2.05) is 11.9 Å². The molecule has 0 saturated heterocycles. The number of anilines is 1. The Bertz CT molecular complexity index is 368. The van der Waals surface area contributed by atoms with E-state index < -0.39 is 5.97 Å². The maximum atomic E-state index is 10.8. The van der Waals surface area contributed by atoms with Crippen LogP contribution < -0.4 is 4.90 Å². The quantitative estimate of drug-likeness (QED) is 0.824. The third-order valence-corrected chi connectivity index (χ3v) is 2.57. The lowest BCUT2D eigenvalue weighted by Crippen LogP contribution is -2.29. The first kappa shape index (κ1) is 12.4. The maximum absolute atomic E-state index is 10.8. The topological polar surface area (TPSA) is 66.3 Å². The van der Waals surface area contributed by atoms with Gasteiger partial charge in [-0.1, -0.05) is 13.3 Å². The minimum absolute atomic E-state index is 0.0203. The molecule has 0 saturated carbocycles. The molecule has 0 amide bonds. The minimum Gasteiger partial charge on any atom is -0.476 e. The maximum Gasteiger partial charge on any atom is 0.356 e. The van der Waals surface area contributed by atoms with Gasteiger partial charge in [-0.15, -0.1) is 0 Å². The molecule has 1 aromatic rings. The van der Waals surface area contributed by atoms with Crippen molar-refractivity contribution in [2.45, 2.75) is 32.7 Å². The van der Waals surface area contributed by atoms with Crippen molar-refractivity contribution in [1.29, 1.82) is 0 Å². The molecule has 16 heavy (non-hydrogen) atoms. The van der Waals surface area contributed by atoms with Crippen molar-refractivity contribution < 1.29 is 9.90 Å². The predicted octanol–water partition coefficient (Wildman–Crippen LogP) is 1.80. The average molecular weight is 223 g/mol. The number of hydrogen-bond acceptors (Lipinski definition) is 4. The molecule has 1 N–H and O–H groups in total. The molecular weight excluding hydrogens is 206 g/mol. The summed E-state index contributed by atoms with van der Waals surface area (Å²) in [5, 5.41) is 8.81.